The van der Waals surface area contributed by atoms with E-state index in [0.29, 0.717) is 0 Å². The lowest BCUT2D eigenvalue weighted by molar-refractivity contribution is -0.0190. The average Bonchev–Trinajstić information content (AvgIpc) is 2.00. The Morgan fingerprint density at radius 2 is 2.00 bits per heavy atom. The van der Waals surface area contributed by atoms with Crippen LogP contribution in [0, 0.1) is 0 Å². The number of rotatable bonds is 4. The van der Waals surface area contributed by atoms with Crippen LogP contribution in [-0.4, -0.2) is 40.2 Å². The van der Waals surface area contributed by atoms with E-state index in [1.54, 1.807) is 0 Å². The second-order valence-electron chi connectivity index (χ2n) is 2.05. The molecule has 0 aromatic carbocycles. The number of aliphatic hydroxyl groups is 3. The van der Waals surface area contributed by atoms with Crippen LogP contribution < -0.4 is 5.73 Å². The van der Waals surface area contributed by atoms with Gasteiger partial charge in [-0.2, -0.15) is 0 Å². The second kappa shape index (κ2) is 4.40. The predicted octanol–water partition coefficient (Wildman–Crippen LogP) is -1.79. The van der Waals surface area contributed by atoms with Crippen molar-refractivity contribution in [2.75, 3.05) is 6.61 Å². The van der Waals surface area contributed by atoms with Crippen LogP contribution in [0.5, 0.6) is 0 Å². The Hall–Kier alpha value is -0.420. The molecule has 0 amide bonds. The van der Waals surface area contributed by atoms with Crippen molar-refractivity contribution in [2.45, 2.75) is 18.2 Å². The Morgan fingerprint density at radius 1 is 1.50 bits per heavy atom. The third-order valence-electron chi connectivity index (χ3n) is 1.25. The summed E-state index contributed by atoms with van der Waals surface area (Å²) in [4.78, 5) is 0. The molecule has 4 nitrogen and oxygen atoms in total. The number of nitrogens with two attached hydrogens (primary N) is 1. The minimum atomic E-state index is -1.19. The first kappa shape index (κ1) is 9.58. The molecule has 0 aromatic rings. The van der Waals surface area contributed by atoms with Gasteiger partial charge in [0.15, 0.2) is 0 Å². The highest BCUT2D eigenvalue weighted by atomic mass is 16.4. The van der Waals surface area contributed by atoms with Crippen LogP contribution in [0.4, 0.5) is 0 Å². The van der Waals surface area contributed by atoms with Gasteiger partial charge in [0.1, 0.15) is 12.2 Å². The second-order valence-corrected chi connectivity index (χ2v) is 2.05. The lowest BCUT2D eigenvalue weighted by Crippen LogP contribution is -2.43. The molecule has 0 saturated heterocycles. The SMILES string of the molecule is C=CC(N)C(O)C(O)CO. The lowest BCUT2D eigenvalue weighted by Gasteiger charge is -2.18. The molecule has 0 radical (unpaired) electrons. The molecule has 0 spiro atoms. The molecule has 10 heavy (non-hydrogen) atoms. The molecule has 0 aliphatic rings. The zero-order chi connectivity index (χ0) is 8.15. The molecule has 0 rings (SSSR count). The van der Waals surface area contributed by atoms with Crippen LogP contribution in [0.1, 0.15) is 0 Å². The first-order valence-electron chi connectivity index (χ1n) is 2.98. The van der Waals surface area contributed by atoms with E-state index >= 15 is 0 Å². The van der Waals surface area contributed by atoms with Gasteiger partial charge in [0.25, 0.3) is 0 Å². The van der Waals surface area contributed by atoms with Gasteiger partial charge >= 0.3 is 0 Å². The first-order valence-corrected chi connectivity index (χ1v) is 2.98. The number of aliphatic hydroxyl groups excluding tert-OH is 3. The molecule has 4 heteroatoms. The zero-order valence-corrected chi connectivity index (χ0v) is 5.64. The van der Waals surface area contributed by atoms with Crippen molar-refractivity contribution in [3.63, 3.8) is 0 Å². The van der Waals surface area contributed by atoms with E-state index in [4.69, 9.17) is 21.1 Å². The molecule has 0 aliphatic carbocycles. The van der Waals surface area contributed by atoms with E-state index < -0.39 is 24.9 Å². The summed E-state index contributed by atoms with van der Waals surface area (Å²) in [6, 6.07) is -0.692. The summed E-state index contributed by atoms with van der Waals surface area (Å²) in [5, 5.41) is 26.1. The van der Waals surface area contributed by atoms with E-state index in [1.165, 1.54) is 6.08 Å². The highest BCUT2D eigenvalue weighted by molar-refractivity contribution is 4.91. The summed E-state index contributed by atoms with van der Waals surface area (Å²) >= 11 is 0. The molecular formula is C6H13NO3. The number of hydrogen-bond acceptors (Lipinski definition) is 4. The molecule has 0 bridgehead atoms. The molecule has 0 aliphatic heterocycles. The first-order chi connectivity index (χ1) is 4.63. The van der Waals surface area contributed by atoms with Gasteiger partial charge < -0.3 is 21.1 Å². The Kier molecular flexibility index (Phi) is 4.22. The topological polar surface area (TPSA) is 86.7 Å². The average molecular weight is 147 g/mol. The van der Waals surface area contributed by atoms with Crippen molar-refractivity contribution < 1.29 is 15.3 Å². The lowest BCUT2D eigenvalue weighted by atomic mass is 10.1. The summed E-state index contributed by atoms with van der Waals surface area (Å²) in [6.07, 6.45) is -1.01. The van der Waals surface area contributed by atoms with E-state index in [0.717, 1.165) is 0 Å². The summed E-state index contributed by atoms with van der Waals surface area (Å²) in [5.41, 5.74) is 5.25. The molecule has 5 N–H and O–H groups in total. The Labute approximate surface area is 59.6 Å². The van der Waals surface area contributed by atoms with Crippen molar-refractivity contribution in [1.82, 2.24) is 0 Å². The van der Waals surface area contributed by atoms with E-state index in [-0.39, 0.29) is 0 Å². The van der Waals surface area contributed by atoms with Crippen molar-refractivity contribution in [3.8, 4) is 0 Å². The Morgan fingerprint density at radius 3 is 2.30 bits per heavy atom. The fraction of sp³-hybridized carbons (Fsp3) is 0.667. The smallest absolute Gasteiger partial charge is 0.105 e. The summed E-state index contributed by atoms with van der Waals surface area (Å²) in [7, 11) is 0. The molecular weight excluding hydrogens is 134 g/mol. The van der Waals surface area contributed by atoms with Crippen LogP contribution in [0.15, 0.2) is 12.7 Å². The maximum absolute atomic E-state index is 8.98. The fourth-order valence-corrected chi connectivity index (χ4v) is 0.504. The van der Waals surface area contributed by atoms with Gasteiger partial charge in [-0.05, 0) is 0 Å². The standard InChI is InChI=1S/C6H13NO3/c1-2-4(7)6(10)5(9)3-8/h2,4-6,8-10H,1,3,7H2. The quantitative estimate of drug-likeness (QED) is 0.354. The maximum atomic E-state index is 8.98. The minimum absolute atomic E-state index is 0.497. The summed E-state index contributed by atoms with van der Waals surface area (Å²) < 4.78 is 0. The van der Waals surface area contributed by atoms with E-state index in [2.05, 4.69) is 6.58 Å². The van der Waals surface area contributed by atoms with Gasteiger partial charge in [-0.25, -0.2) is 0 Å². The molecule has 0 saturated carbocycles. The highest BCUT2D eigenvalue weighted by Gasteiger charge is 2.19. The predicted molar refractivity (Wildman–Crippen MR) is 37.3 cm³/mol. The molecule has 60 valence electrons. The molecule has 3 unspecified atom stereocenters. The number of hydrogen-bond donors (Lipinski definition) is 4. The van der Waals surface area contributed by atoms with Crippen molar-refractivity contribution >= 4 is 0 Å². The third kappa shape index (κ3) is 2.45. The van der Waals surface area contributed by atoms with Crippen LogP contribution in [0.3, 0.4) is 0 Å². The van der Waals surface area contributed by atoms with Gasteiger partial charge in [0.05, 0.1) is 12.6 Å². The van der Waals surface area contributed by atoms with Crippen molar-refractivity contribution in [2.24, 2.45) is 5.73 Å². The van der Waals surface area contributed by atoms with Gasteiger partial charge in [-0.1, -0.05) is 6.08 Å². The molecule has 3 atom stereocenters. The van der Waals surface area contributed by atoms with Crippen molar-refractivity contribution in [1.29, 1.82) is 0 Å². The third-order valence-corrected chi connectivity index (χ3v) is 1.25. The Bertz CT molecular complexity index is 107. The fourth-order valence-electron chi connectivity index (χ4n) is 0.504. The van der Waals surface area contributed by atoms with Gasteiger partial charge in [0, 0.05) is 0 Å². The highest BCUT2D eigenvalue weighted by Crippen LogP contribution is 1.97. The van der Waals surface area contributed by atoms with Crippen LogP contribution >= 0.6 is 0 Å². The van der Waals surface area contributed by atoms with E-state index in [9.17, 15) is 0 Å². The van der Waals surface area contributed by atoms with Gasteiger partial charge in [0.2, 0.25) is 0 Å². The molecule has 0 fully saturated rings. The summed E-state index contributed by atoms with van der Waals surface area (Å²) in [6.45, 7) is 2.82. The minimum Gasteiger partial charge on any atom is -0.394 e. The normalized spacial score (nSPS) is 19.6. The monoisotopic (exact) mass is 147 g/mol. The molecule has 0 heterocycles. The van der Waals surface area contributed by atoms with Crippen LogP contribution in [0.2, 0.25) is 0 Å². The van der Waals surface area contributed by atoms with E-state index in [1.807, 2.05) is 0 Å². The van der Waals surface area contributed by atoms with Gasteiger partial charge in [-0.15, -0.1) is 6.58 Å². The summed E-state index contributed by atoms with van der Waals surface area (Å²) in [5.74, 6) is 0. The van der Waals surface area contributed by atoms with Crippen molar-refractivity contribution in [3.05, 3.63) is 12.7 Å². The zero-order valence-electron chi connectivity index (χ0n) is 5.64. The largest absolute Gasteiger partial charge is 0.394 e. The van der Waals surface area contributed by atoms with Crippen LogP contribution in [0.25, 0.3) is 0 Å². The maximum Gasteiger partial charge on any atom is 0.105 e. The van der Waals surface area contributed by atoms with Crippen LogP contribution in [-0.2, 0) is 0 Å². The van der Waals surface area contributed by atoms with Gasteiger partial charge in [-0.3, -0.25) is 0 Å². The Balaban J connectivity index is 3.80. The molecule has 0 aromatic heterocycles.